The zero-order valence-electron chi connectivity index (χ0n) is 16.5. The summed E-state index contributed by atoms with van der Waals surface area (Å²) in [6.45, 7) is 0. The summed E-state index contributed by atoms with van der Waals surface area (Å²) >= 11 is 2.91. The van der Waals surface area contributed by atoms with Crippen molar-refractivity contribution in [3.05, 3.63) is 78.3 Å². The van der Waals surface area contributed by atoms with Gasteiger partial charge in [-0.25, -0.2) is 9.97 Å². The normalized spacial score (nSPS) is 11.5. The second-order valence-corrected chi connectivity index (χ2v) is 9.09. The van der Waals surface area contributed by atoms with Gasteiger partial charge in [-0.1, -0.05) is 71.6 Å². The summed E-state index contributed by atoms with van der Waals surface area (Å²) in [6, 6.07) is 19.8. The van der Waals surface area contributed by atoms with E-state index in [4.69, 9.17) is 9.40 Å². The number of nitrogens with zero attached hydrogens (tertiary/aromatic N) is 3. The minimum atomic E-state index is -0.322. The molecule has 9 heteroatoms. The fourth-order valence-electron chi connectivity index (χ4n) is 3.70. The number of aromatic nitrogens is 4. The van der Waals surface area contributed by atoms with E-state index < -0.39 is 0 Å². The monoisotopic (exact) mass is 457 g/mol. The zero-order valence-corrected chi connectivity index (χ0v) is 18.2. The predicted molar refractivity (Wildman–Crippen MR) is 127 cm³/mol. The maximum absolute atomic E-state index is 13.2. The van der Waals surface area contributed by atoms with E-state index >= 15 is 0 Å². The molecule has 6 rings (SSSR count). The van der Waals surface area contributed by atoms with Gasteiger partial charge in [0.25, 0.3) is 5.91 Å². The van der Waals surface area contributed by atoms with E-state index in [9.17, 15) is 4.79 Å². The van der Waals surface area contributed by atoms with Crippen molar-refractivity contribution < 1.29 is 9.21 Å². The number of carbonyl (C=O) groups is 1. The van der Waals surface area contributed by atoms with Gasteiger partial charge in [-0.2, -0.15) is 5.10 Å². The second-order valence-electron chi connectivity index (χ2n) is 7.09. The number of H-pyrrole nitrogens is 1. The third-order valence-corrected chi connectivity index (χ3v) is 6.99. The first-order chi connectivity index (χ1) is 15.8. The van der Waals surface area contributed by atoms with Crippen LogP contribution in [-0.2, 0) is 5.75 Å². The van der Waals surface area contributed by atoms with Crippen LogP contribution in [0.4, 0.5) is 5.13 Å². The Kier molecular flexibility index (Phi) is 4.62. The first-order valence-corrected chi connectivity index (χ1v) is 11.6. The number of hydrogen-bond acceptors (Lipinski definition) is 7. The van der Waals surface area contributed by atoms with Crippen LogP contribution in [0.1, 0.15) is 16.1 Å². The number of amides is 1. The molecule has 6 aromatic rings. The van der Waals surface area contributed by atoms with Crippen molar-refractivity contribution in [1.82, 2.24) is 20.2 Å². The van der Waals surface area contributed by atoms with Crippen molar-refractivity contribution in [3.8, 4) is 0 Å². The van der Waals surface area contributed by atoms with Crippen LogP contribution >= 0.6 is 23.1 Å². The molecule has 156 valence electrons. The van der Waals surface area contributed by atoms with Crippen LogP contribution < -0.4 is 5.32 Å². The third kappa shape index (κ3) is 3.31. The number of carbonyl (C=O) groups excluding carboxylic acids is 1. The van der Waals surface area contributed by atoms with E-state index in [0.717, 1.165) is 31.9 Å². The molecule has 0 aliphatic heterocycles. The predicted octanol–water partition coefficient (Wildman–Crippen LogP) is 5.86. The van der Waals surface area contributed by atoms with Gasteiger partial charge < -0.3 is 4.42 Å². The summed E-state index contributed by atoms with van der Waals surface area (Å²) in [7, 11) is 0. The Balaban J connectivity index is 1.35. The molecule has 3 aromatic carbocycles. The molecule has 0 aliphatic rings. The first-order valence-electron chi connectivity index (χ1n) is 9.84. The van der Waals surface area contributed by atoms with Crippen LogP contribution in [0.3, 0.4) is 0 Å². The van der Waals surface area contributed by atoms with E-state index in [2.05, 4.69) is 32.6 Å². The summed E-state index contributed by atoms with van der Waals surface area (Å²) in [5.41, 5.74) is 2.36. The summed E-state index contributed by atoms with van der Waals surface area (Å²) in [5, 5.41) is 13.9. The highest BCUT2D eigenvalue weighted by atomic mass is 32.2. The van der Waals surface area contributed by atoms with Crippen molar-refractivity contribution >= 4 is 66.1 Å². The van der Waals surface area contributed by atoms with Crippen LogP contribution in [0.15, 0.2) is 76.6 Å². The lowest BCUT2D eigenvalue weighted by Crippen LogP contribution is -2.12. The SMILES string of the molecule is O=C(Nc1nc2c(ccc3ccccc32)s1)c1oc2ccccc2c1CSc1ncn[nH]1. The van der Waals surface area contributed by atoms with Gasteiger partial charge in [-0.15, -0.1) is 0 Å². The minimum absolute atomic E-state index is 0.280. The summed E-state index contributed by atoms with van der Waals surface area (Å²) in [4.78, 5) is 22.1. The van der Waals surface area contributed by atoms with Crippen molar-refractivity contribution in [2.45, 2.75) is 10.9 Å². The molecule has 32 heavy (non-hydrogen) atoms. The smallest absolute Gasteiger partial charge is 0.293 e. The van der Waals surface area contributed by atoms with Crippen LogP contribution in [-0.4, -0.2) is 26.1 Å². The zero-order chi connectivity index (χ0) is 21.5. The Morgan fingerprint density at radius 2 is 1.91 bits per heavy atom. The minimum Gasteiger partial charge on any atom is -0.451 e. The lowest BCUT2D eigenvalue weighted by molar-refractivity contribution is 0.0998. The topological polar surface area (TPSA) is 96.7 Å². The Morgan fingerprint density at radius 3 is 2.78 bits per heavy atom. The Bertz CT molecular complexity index is 1590. The number of anilines is 1. The average Bonchev–Trinajstić information content (AvgIpc) is 3.55. The molecule has 0 fully saturated rings. The van der Waals surface area contributed by atoms with Crippen LogP contribution in [0.5, 0.6) is 0 Å². The Labute approximate surface area is 189 Å². The fourth-order valence-corrected chi connectivity index (χ4v) is 5.38. The molecule has 3 aromatic heterocycles. The number of fused-ring (bicyclic) bond motifs is 4. The highest BCUT2D eigenvalue weighted by Crippen LogP contribution is 2.34. The number of thiazole rings is 1. The van der Waals surface area contributed by atoms with Crippen molar-refractivity contribution in [2.24, 2.45) is 0 Å². The lowest BCUT2D eigenvalue weighted by Gasteiger charge is -2.02. The number of para-hydroxylation sites is 1. The van der Waals surface area contributed by atoms with E-state index in [-0.39, 0.29) is 11.7 Å². The van der Waals surface area contributed by atoms with Gasteiger partial charge in [0.2, 0.25) is 0 Å². The summed E-state index contributed by atoms with van der Waals surface area (Å²) < 4.78 is 6.97. The number of benzene rings is 3. The molecule has 7 nitrogen and oxygen atoms in total. The first kappa shape index (κ1) is 19.0. The lowest BCUT2D eigenvalue weighted by atomic mass is 10.1. The highest BCUT2D eigenvalue weighted by molar-refractivity contribution is 7.98. The van der Waals surface area contributed by atoms with Crippen molar-refractivity contribution in [2.75, 3.05) is 5.32 Å². The van der Waals surface area contributed by atoms with E-state index in [0.29, 0.717) is 21.6 Å². The van der Waals surface area contributed by atoms with E-state index in [1.165, 1.54) is 29.4 Å². The Hall–Kier alpha value is -3.69. The van der Waals surface area contributed by atoms with Crippen LogP contribution in [0, 0.1) is 0 Å². The molecular weight excluding hydrogens is 442 g/mol. The summed E-state index contributed by atoms with van der Waals surface area (Å²) in [5.74, 6) is 0.472. The molecule has 0 atom stereocenters. The molecule has 1 amide bonds. The molecule has 0 spiro atoms. The molecule has 0 radical (unpaired) electrons. The number of rotatable bonds is 5. The van der Waals surface area contributed by atoms with Crippen LogP contribution in [0.2, 0.25) is 0 Å². The van der Waals surface area contributed by atoms with Gasteiger partial charge >= 0.3 is 0 Å². The van der Waals surface area contributed by atoms with Gasteiger partial charge in [-0.05, 0) is 17.5 Å². The number of furan rings is 1. The third-order valence-electron chi connectivity index (χ3n) is 5.15. The number of thioether (sulfide) groups is 1. The standard InChI is InChI=1S/C23H15N5O2S2/c29-21(27-23-26-19-14-6-2-1-5-13(14)9-10-18(19)32-23)20-16(11-31-22-24-12-25-28-22)15-7-3-4-8-17(15)30-20/h1-10,12H,11H2,(H,24,25,28)(H,26,27,29). The van der Waals surface area contributed by atoms with Gasteiger partial charge in [0.1, 0.15) is 11.9 Å². The van der Waals surface area contributed by atoms with Gasteiger partial charge in [0.15, 0.2) is 16.0 Å². The number of hydrogen-bond donors (Lipinski definition) is 2. The summed E-state index contributed by atoms with van der Waals surface area (Å²) in [6.07, 6.45) is 1.46. The quantitative estimate of drug-likeness (QED) is 0.315. The number of nitrogens with one attached hydrogen (secondary N) is 2. The van der Waals surface area contributed by atoms with Crippen molar-refractivity contribution in [1.29, 1.82) is 0 Å². The molecule has 0 unspecified atom stereocenters. The Morgan fingerprint density at radius 1 is 1.06 bits per heavy atom. The van der Waals surface area contributed by atoms with E-state index in [1.807, 2.05) is 48.5 Å². The maximum atomic E-state index is 13.2. The molecule has 0 bridgehead atoms. The molecule has 0 saturated carbocycles. The van der Waals surface area contributed by atoms with Gasteiger partial charge in [-0.3, -0.25) is 15.2 Å². The molecule has 0 aliphatic carbocycles. The number of aromatic amines is 1. The fraction of sp³-hybridized carbons (Fsp3) is 0.0435. The second kappa shape index (κ2) is 7.77. The van der Waals surface area contributed by atoms with Crippen molar-refractivity contribution in [3.63, 3.8) is 0 Å². The van der Waals surface area contributed by atoms with Gasteiger partial charge in [0.05, 0.1) is 10.2 Å². The average molecular weight is 458 g/mol. The molecule has 2 N–H and O–H groups in total. The van der Waals surface area contributed by atoms with Gasteiger partial charge in [0, 0.05) is 22.1 Å². The molecular formula is C23H15N5O2S2. The highest BCUT2D eigenvalue weighted by Gasteiger charge is 2.22. The molecule has 0 saturated heterocycles. The largest absolute Gasteiger partial charge is 0.451 e. The maximum Gasteiger partial charge on any atom is 0.293 e. The van der Waals surface area contributed by atoms with E-state index in [1.54, 1.807) is 0 Å². The van der Waals surface area contributed by atoms with Crippen LogP contribution in [0.25, 0.3) is 32.0 Å². The molecule has 3 heterocycles.